The van der Waals surface area contributed by atoms with Crippen LogP contribution in [-0.4, -0.2) is 51.1 Å². The molecule has 1 aliphatic rings. The summed E-state index contributed by atoms with van der Waals surface area (Å²) in [5.74, 6) is -0.0275. The van der Waals surface area contributed by atoms with Crippen molar-refractivity contribution in [2.24, 2.45) is 11.8 Å². The third-order valence-corrected chi connectivity index (χ3v) is 5.98. The molecule has 0 bridgehead atoms. The smallest absolute Gasteiger partial charge is 0.276 e. The zero-order valence-electron chi connectivity index (χ0n) is 21.3. The molecule has 1 saturated carbocycles. The fraction of sp³-hybridized carbons (Fsp3) is 0.385. The number of carbonyl (C=O) groups is 4. The number of rotatable bonds is 10. The molecule has 204 valence electrons. The summed E-state index contributed by atoms with van der Waals surface area (Å²) in [5.41, 5.74) is 9.49. The average molecular weight is 529 g/mol. The molecule has 0 atom stereocenters. The number of hydrogen-bond acceptors (Lipinski definition) is 8. The number of nitrogens with one attached hydrogen (secondary N) is 4. The van der Waals surface area contributed by atoms with Gasteiger partial charge in [-0.15, -0.1) is 0 Å². The Morgan fingerprint density at radius 3 is 1.21 bits per heavy atom. The molecule has 0 heterocycles. The van der Waals surface area contributed by atoms with Crippen LogP contribution in [0.2, 0.25) is 0 Å². The van der Waals surface area contributed by atoms with Gasteiger partial charge >= 0.3 is 0 Å². The maximum absolute atomic E-state index is 12.4. The highest BCUT2D eigenvalue weighted by Crippen LogP contribution is 2.29. The summed E-state index contributed by atoms with van der Waals surface area (Å²) in [4.78, 5) is 48.8. The van der Waals surface area contributed by atoms with Gasteiger partial charge in [-0.1, -0.05) is 0 Å². The molecule has 38 heavy (non-hydrogen) atoms. The van der Waals surface area contributed by atoms with Crippen LogP contribution in [-0.2, 0) is 19.2 Å². The molecular formula is C26H32N4O8. The van der Waals surface area contributed by atoms with Crippen LogP contribution in [0.5, 0.6) is 23.0 Å². The molecular weight excluding hydrogens is 496 g/mol. The lowest BCUT2D eigenvalue weighted by molar-refractivity contribution is -0.135. The van der Waals surface area contributed by atoms with Gasteiger partial charge in [-0.3, -0.25) is 40.9 Å². The number of hydrazine groups is 2. The Bertz CT molecular complexity index is 996. The molecule has 0 spiro atoms. The molecule has 0 radical (unpaired) electrons. The van der Waals surface area contributed by atoms with E-state index in [-0.39, 0.29) is 36.9 Å². The van der Waals surface area contributed by atoms with Crippen molar-refractivity contribution in [3.63, 3.8) is 0 Å². The summed E-state index contributed by atoms with van der Waals surface area (Å²) in [6.45, 7) is -0.535. The van der Waals surface area contributed by atoms with Gasteiger partial charge in [-0.25, -0.2) is 0 Å². The van der Waals surface area contributed by atoms with Crippen molar-refractivity contribution in [3.05, 3.63) is 48.5 Å². The fourth-order valence-electron chi connectivity index (χ4n) is 3.80. The van der Waals surface area contributed by atoms with Gasteiger partial charge in [0.2, 0.25) is 11.8 Å². The third kappa shape index (κ3) is 8.87. The van der Waals surface area contributed by atoms with Gasteiger partial charge in [0.25, 0.3) is 11.8 Å². The van der Waals surface area contributed by atoms with E-state index in [1.165, 1.54) is 0 Å². The van der Waals surface area contributed by atoms with Crippen molar-refractivity contribution < 1.29 is 38.1 Å². The van der Waals surface area contributed by atoms with E-state index < -0.39 is 11.8 Å². The van der Waals surface area contributed by atoms with Gasteiger partial charge in [-0.2, -0.15) is 0 Å². The molecule has 4 amide bonds. The van der Waals surface area contributed by atoms with Gasteiger partial charge in [0, 0.05) is 11.8 Å². The number of hydrogen-bond donors (Lipinski definition) is 4. The van der Waals surface area contributed by atoms with Crippen LogP contribution in [0.15, 0.2) is 48.5 Å². The molecule has 12 heteroatoms. The van der Waals surface area contributed by atoms with E-state index in [9.17, 15) is 19.2 Å². The standard InChI is InChI=1S/C26H32N4O8/c1-35-19-7-11-21(12-8-19)37-15-23(31)27-29-25(33)17-3-5-18(6-4-17)26(34)30-28-24(32)16-38-22-13-9-20(36-2)10-14-22/h7-14,17-18H,3-6,15-16H2,1-2H3,(H,27,31)(H,28,32)(H,29,33)(H,30,34). The van der Waals surface area contributed by atoms with E-state index in [1.807, 2.05) is 0 Å². The van der Waals surface area contributed by atoms with Gasteiger partial charge in [0.15, 0.2) is 13.2 Å². The second-order valence-electron chi connectivity index (χ2n) is 8.55. The minimum atomic E-state index is -0.506. The molecule has 0 aromatic heterocycles. The highest BCUT2D eigenvalue weighted by atomic mass is 16.5. The average Bonchev–Trinajstić information content (AvgIpc) is 2.97. The highest BCUT2D eigenvalue weighted by Gasteiger charge is 2.30. The van der Waals surface area contributed by atoms with Gasteiger partial charge < -0.3 is 18.9 Å². The van der Waals surface area contributed by atoms with Crippen LogP contribution in [0.3, 0.4) is 0 Å². The van der Waals surface area contributed by atoms with Gasteiger partial charge in [0.1, 0.15) is 23.0 Å². The molecule has 12 nitrogen and oxygen atoms in total. The van der Waals surface area contributed by atoms with E-state index in [2.05, 4.69) is 21.7 Å². The number of methoxy groups -OCH3 is 2. The Morgan fingerprint density at radius 1 is 0.579 bits per heavy atom. The SMILES string of the molecule is COc1ccc(OCC(=O)NNC(=O)C2CCC(C(=O)NNC(=O)COc3ccc(OC)cc3)CC2)cc1. The highest BCUT2D eigenvalue weighted by molar-refractivity contribution is 5.85. The molecule has 0 aliphatic heterocycles. The second-order valence-corrected chi connectivity index (χ2v) is 8.55. The van der Waals surface area contributed by atoms with Gasteiger partial charge in [0.05, 0.1) is 14.2 Å². The molecule has 3 rings (SSSR count). The largest absolute Gasteiger partial charge is 0.497 e. The lowest BCUT2D eigenvalue weighted by atomic mass is 9.81. The summed E-state index contributed by atoms with van der Waals surface area (Å²) >= 11 is 0. The first-order valence-electron chi connectivity index (χ1n) is 12.1. The van der Waals surface area contributed by atoms with Crippen molar-refractivity contribution in [3.8, 4) is 23.0 Å². The number of carbonyl (C=O) groups excluding carboxylic acids is 4. The molecule has 1 fully saturated rings. The van der Waals surface area contributed by atoms with Crippen LogP contribution in [0.25, 0.3) is 0 Å². The molecule has 1 aliphatic carbocycles. The van der Waals surface area contributed by atoms with E-state index in [0.29, 0.717) is 48.7 Å². The molecule has 4 N–H and O–H groups in total. The zero-order valence-corrected chi connectivity index (χ0v) is 21.3. The Kier molecular flexibility index (Phi) is 10.6. The predicted octanol–water partition coefficient (Wildman–Crippen LogP) is 1.26. The Balaban J connectivity index is 1.28. The first kappa shape index (κ1) is 28.1. The van der Waals surface area contributed by atoms with E-state index in [4.69, 9.17) is 18.9 Å². The maximum atomic E-state index is 12.4. The summed E-state index contributed by atoms with van der Waals surface area (Å²) in [6.07, 6.45) is 1.88. The van der Waals surface area contributed by atoms with Crippen LogP contribution in [0.1, 0.15) is 25.7 Å². The fourth-order valence-corrected chi connectivity index (χ4v) is 3.80. The first-order valence-corrected chi connectivity index (χ1v) is 12.1. The molecule has 2 aromatic rings. The summed E-state index contributed by atoms with van der Waals surface area (Å²) in [6, 6.07) is 13.5. The Morgan fingerprint density at radius 2 is 0.895 bits per heavy atom. The van der Waals surface area contributed by atoms with Crippen molar-refractivity contribution in [1.29, 1.82) is 0 Å². The summed E-state index contributed by atoms with van der Waals surface area (Å²) in [5, 5.41) is 0. The van der Waals surface area contributed by atoms with Crippen molar-refractivity contribution >= 4 is 23.6 Å². The Hall–Kier alpha value is -4.48. The van der Waals surface area contributed by atoms with Crippen LogP contribution < -0.4 is 40.7 Å². The first-order chi connectivity index (χ1) is 18.4. The van der Waals surface area contributed by atoms with Crippen molar-refractivity contribution in [1.82, 2.24) is 21.7 Å². The zero-order chi connectivity index (χ0) is 27.3. The quantitative estimate of drug-likeness (QED) is 0.336. The normalized spacial score (nSPS) is 16.4. The van der Waals surface area contributed by atoms with Crippen molar-refractivity contribution in [2.75, 3.05) is 27.4 Å². The lowest BCUT2D eigenvalue weighted by Gasteiger charge is -2.27. The van der Waals surface area contributed by atoms with Crippen LogP contribution >= 0.6 is 0 Å². The lowest BCUT2D eigenvalue weighted by Crippen LogP contribution is -2.48. The van der Waals surface area contributed by atoms with E-state index >= 15 is 0 Å². The minimum Gasteiger partial charge on any atom is -0.497 e. The van der Waals surface area contributed by atoms with Crippen LogP contribution in [0.4, 0.5) is 0 Å². The minimum absolute atomic E-state index is 0.267. The summed E-state index contributed by atoms with van der Waals surface area (Å²) < 4.78 is 20.8. The van der Waals surface area contributed by atoms with E-state index in [1.54, 1.807) is 62.8 Å². The topological polar surface area (TPSA) is 153 Å². The Labute approximate surface area is 220 Å². The number of amides is 4. The van der Waals surface area contributed by atoms with Gasteiger partial charge in [-0.05, 0) is 74.2 Å². The third-order valence-electron chi connectivity index (χ3n) is 5.98. The van der Waals surface area contributed by atoms with E-state index in [0.717, 1.165) is 0 Å². The number of benzene rings is 2. The second kappa shape index (κ2) is 14.3. The van der Waals surface area contributed by atoms with Crippen molar-refractivity contribution in [2.45, 2.75) is 25.7 Å². The number of ether oxygens (including phenoxy) is 4. The maximum Gasteiger partial charge on any atom is 0.276 e. The monoisotopic (exact) mass is 528 g/mol. The predicted molar refractivity (Wildman–Crippen MR) is 135 cm³/mol. The molecule has 2 aromatic carbocycles. The molecule has 0 saturated heterocycles. The summed E-state index contributed by atoms with van der Waals surface area (Å²) in [7, 11) is 3.10. The van der Waals surface area contributed by atoms with Crippen LogP contribution in [0, 0.1) is 11.8 Å². The molecule has 0 unspecified atom stereocenters.